The number of carbonyl (C=O) groups excluding carboxylic acids is 1. The molecule has 2 heterocycles. The quantitative estimate of drug-likeness (QED) is 0.883. The maximum absolute atomic E-state index is 12.0. The number of piperidine rings is 1. The van der Waals surface area contributed by atoms with E-state index < -0.39 is 0 Å². The van der Waals surface area contributed by atoms with Crippen molar-refractivity contribution in [2.45, 2.75) is 38.4 Å². The molecule has 0 aromatic heterocycles. The number of fused-ring (bicyclic) bond motifs is 1. The first kappa shape index (κ1) is 13.2. The minimum absolute atomic E-state index is 0.0519. The molecule has 20 heavy (non-hydrogen) atoms. The smallest absolute Gasteiger partial charge is 0.238 e. The van der Waals surface area contributed by atoms with Crippen molar-refractivity contribution in [2.75, 3.05) is 13.2 Å². The maximum Gasteiger partial charge on any atom is 0.238 e. The van der Waals surface area contributed by atoms with Crippen molar-refractivity contribution in [1.29, 1.82) is 0 Å². The number of amides is 1. The highest BCUT2D eigenvalue weighted by molar-refractivity contribution is 5.84. The summed E-state index contributed by atoms with van der Waals surface area (Å²) in [7, 11) is 0. The molecular weight excluding hydrogens is 256 g/mol. The number of hydrogen-bond acceptors (Lipinski definition) is 4. The van der Waals surface area contributed by atoms with E-state index in [1.165, 1.54) is 0 Å². The normalized spacial score (nSPS) is 26.1. The molecule has 0 spiro atoms. The number of hydrogen-bond donors (Lipinski definition) is 2. The zero-order valence-corrected chi connectivity index (χ0v) is 11.6. The minimum Gasteiger partial charge on any atom is -0.504 e. The Hall–Kier alpha value is -1.75. The third-order valence-electron chi connectivity index (χ3n) is 4.08. The van der Waals surface area contributed by atoms with Gasteiger partial charge in [0.05, 0.1) is 12.6 Å². The van der Waals surface area contributed by atoms with Crippen LogP contribution in [-0.4, -0.2) is 35.1 Å². The van der Waals surface area contributed by atoms with Crippen LogP contribution in [0.4, 0.5) is 0 Å². The second kappa shape index (κ2) is 5.32. The summed E-state index contributed by atoms with van der Waals surface area (Å²) in [5.41, 5.74) is 0.716. The summed E-state index contributed by atoms with van der Waals surface area (Å²) in [6.45, 7) is 3.26. The Bertz CT molecular complexity index is 518. The van der Waals surface area contributed by atoms with E-state index in [4.69, 9.17) is 4.74 Å². The van der Waals surface area contributed by atoms with E-state index in [1.54, 1.807) is 6.07 Å². The number of phenols is 1. The number of carbonyl (C=O) groups is 1. The Kier molecular flexibility index (Phi) is 3.53. The Morgan fingerprint density at radius 1 is 1.45 bits per heavy atom. The second-order valence-electron chi connectivity index (χ2n) is 5.29. The summed E-state index contributed by atoms with van der Waals surface area (Å²) < 4.78 is 5.42. The van der Waals surface area contributed by atoms with Crippen LogP contribution in [0.15, 0.2) is 18.2 Å². The number of benzene rings is 1. The van der Waals surface area contributed by atoms with Crippen molar-refractivity contribution >= 4 is 5.91 Å². The minimum atomic E-state index is -0.242. The third kappa shape index (κ3) is 2.12. The first-order valence-corrected chi connectivity index (χ1v) is 7.23. The molecule has 0 unspecified atom stereocenters. The van der Waals surface area contributed by atoms with Crippen LogP contribution in [0, 0.1) is 0 Å². The monoisotopic (exact) mass is 276 g/mol. The predicted octanol–water partition coefficient (Wildman–Crippen LogP) is 1.77. The highest BCUT2D eigenvalue weighted by atomic mass is 16.5. The number of nitrogens with one attached hydrogen (secondary N) is 1. The van der Waals surface area contributed by atoms with E-state index in [1.807, 2.05) is 19.1 Å². The van der Waals surface area contributed by atoms with Gasteiger partial charge in [0, 0.05) is 12.1 Å². The van der Waals surface area contributed by atoms with Gasteiger partial charge in [-0.05, 0) is 25.8 Å². The topological polar surface area (TPSA) is 61.8 Å². The lowest BCUT2D eigenvalue weighted by Crippen LogP contribution is -2.38. The van der Waals surface area contributed by atoms with Crippen LogP contribution in [-0.2, 0) is 4.79 Å². The van der Waals surface area contributed by atoms with Gasteiger partial charge in [-0.1, -0.05) is 18.6 Å². The van der Waals surface area contributed by atoms with Gasteiger partial charge in [-0.15, -0.1) is 0 Å². The summed E-state index contributed by atoms with van der Waals surface area (Å²) in [6, 6.07) is 5.39. The standard InChI is InChI=1S/C15H20N2O3/c1-2-20-12-8-5-6-10(13(12)18)14-16-15(19)11-7-3-4-9-17(11)14/h5-6,8,11,14,18H,2-4,7,9H2,1H3,(H,16,19)/t11-,14-/m0/s1. The number of phenolic OH excluding ortho intramolecular Hbond substituents is 1. The fourth-order valence-electron chi connectivity index (χ4n) is 3.15. The van der Waals surface area contributed by atoms with Crippen molar-refractivity contribution in [3.05, 3.63) is 23.8 Å². The number of nitrogens with zero attached hydrogens (tertiary/aromatic N) is 1. The highest BCUT2D eigenvalue weighted by Crippen LogP contribution is 2.39. The number of ether oxygens (including phenoxy) is 1. The lowest BCUT2D eigenvalue weighted by molar-refractivity contribution is -0.122. The summed E-state index contributed by atoms with van der Waals surface area (Å²) >= 11 is 0. The number of aromatic hydroxyl groups is 1. The second-order valence-corrected chi connectivity index (χ2v) is 5.29. The zero-order chi connectivity index (χ0) is 14.1. The molecule has 2 aliphatic rings. The van der Waals surface area contributed by atoms with Crippen LogP contribution in [0.2, 0.25) is 0 Å². The molecule has 5 nitrogen and oxygen atoms in total. The fraction of sp³-hybridized carbons (Fsp3) is 0.533. The Balaban J connectivity index is 1.93. The maximum atomic E-state index is 12.0. The zero-order valence-electron chi connectivity index (χ0n) is 11.6. The van der Waals surface area contributed by atoms with Gasteiger partial charge in [0.2, 0.25) is 5.91 Å². The summed E-state index contributed by atoms with van der Waals surface area (Å²) in [5.74, 6) is 0.668. The van der Waals surface area contributed by atoms with Gasteiger partial charge >= 0.3 is 0 Å². The number of rotatable bonds is 3. The molecule has 2 saturated heterocycles. The molecule has 0 bridgehead atoms. The molecule has 2 atom stereocenters. The van der Waals surface area contributed by atoms with E-state index in [0.717, 1.165) is 25.8 Å². The van der Waals surface area contributed by atoms with Gasteiger partial charge in [-0.2, -0.15) is 0 Å². The van der Waals surface area contributed by atoms with Gasteiger partial charge < -0.3 is 15.2 Å². The third-order valence-corrected chi connectivity index (χ3v) is 4.08. The average Bonchev–Trinajstić information content (AvgIpc) is 2.79. The van der Waals surface area contributed by atoms with Crippen molar-refractivity contribution in [1.82, 2.24) is 10.2 Å². The molecule has 2 aliphatic heterocycles. The molecule has 2 fully saturated rings. The van der Waals surface area contributed by atoms with E-state index in [-0.39, 0.29) is 23.9 Å². The molecule has 1 aromatic carbocycles. The molecule has 1 amide bonds. The average molecular weight is 276 g/mol. The molecule has 5 heteroatoms. The van der Waals surface area contributed by atoms with E-state index in [2.05, 4.69) is 10.2 Å². The van der Waals surface area contributed by atoms with Crippen LogP contribution in [0.5, 0.6) is 11.5 Å². The van der Waals surface area contributed by atoms with Crippen molar-refractivity contribution in [2.24, 2.45) is 0 Å². The van der Waals surface area contributed by atoms with Crippen LogP contribution in [0.3, 0.4) is 0 Å². The van der Waals surface area contributed by atoms with Gasteiger partial charge in [0.15, 0.2) is 11.5 Å². The Morgan fingerprint density at radius 2 is 2.30 bits per heavy atom. The molecule has 0 aliphatic carbocycles. The van der Waals surface area contributed by atoms with Crippen LogP contribution in [0.1, 0.15) is 37.9 Å². The predicted molar refractivity (Wildman–Crippen MR) is 74.5 cm³/mol. The molecular formula is C15H20N2O3. The molecule has 2 N–H and O–H groups in total. The van der Waals surface area contributed by atoms with Gasteiger partial charge in [0.25, 0.3) is 0 Å². The van der Waals surface area contributed by atoms with Gasteiger partial charge in [0.1, 0.15) is 6.17 Å². The van der Waals surface area contributed by atoms with Crippen LogP contribution >= 0.6 is 0 Å². The Morgan fingerprint density at radius 3 is 3.10 bits per heavy atom. The molecule has 108 valence electrons. The lowest BCUT2D eigenvalue weighted by Gasteiger charge is -2.31. The molecule has 0 saturated carbocycles. The van der Waals surface area contributed by atoms with Crippen molar-refractivity contribution in [3.63, 3.8) is 0 Å². The first-order chi connectivity index (χ1) is 9.72. The Labute approximate surface area is 118 Å². The van der Waals surface area contributed by atoms with Gasteiger partial charge in [-0.25, -0.2) is 0 Å². The SMILES string of the molecule is CCOc1cccc([C@H]2NC(=O)[C@@H]3CCCCN23)c1O. The van der Waals surface area contributed by atoms with Crippen LogP contribution in [0.25, 0.3) is 0 Å². The first-order valence-electron chi connectivity index (χ1n) is 7.23. The largest absolute Gasteiger partial charge is 0.504 e. The lowest BCUT2D eigenvalue weighted by atomic mass is 10.0. The van der Waals surface area contributed by atoms with Crippen LogP contribution < -0.4 is 10.1 Å². The van der Waals surface area contributed by atoms with E-state index >= 15 is 0 Å². The summed E-state index contributed by atoms with van der Waals surface area (Å²) in [6.07, 6.45) is 2.84. The van der Waals surface area contributed by atoms with E-state index in [0.29, 0.717) is 17.9 Å². The highest BCUT2D eigenvalue weighted by Gasteiger charge is 2.42. The molecule has 1 aromatic rings. The molecule has 3 rings (SSSR count). The van der Waals surface area contributed by atoms with Gasteiger partial charge in [-0.3, -0.25) is 9.69 Å². The summed E-state index contributed by atoms with van der Waals surface area (Å²) in [4.78, 5) is 14.2. The summed E-state index contributed by atoms with van der Waals surface area (Å²) in [5, 5.41) is 13.3. The van der Waals surface area contributed by atoms with Crippen molar-refractivity contribution in [3.8, 4) is 11.5 Å². The fourth-order valence-corrected chi connectivity index (χ4v) is 3.15. The number of para-hydroxylation sites is 1. The van der Waals surface area contributed by atoms with E-state index in [9.17, 15) is 9.90 Å². The van der Waals surface area contributed by atoms with Crippen molar-refractivity contribution < 1.29 is 14.6 Å². The molecule has 0 radical (unpaired) electrons.